The number of aromatic nitrogens is 1. The molecule has 3 nitrogen and oxygen atoms in total. The van der Waals surface area contributed by atoms with Crippen LogP contribution in [0.25, 0.3) is 66.4 Å². The molecular formula is C45H30N2O. The van der Waals surface area contributed by atoms with Gasteiger partial charge < -0.3 is 9.32 Å². The third kappa shape index (κ3) is 4.90. The summed E-state index contributed by atoms with van der Waals surface area (Å²) in [7, 11) is 0. The molecule has 0 fully saturated rings. The largest absolute Gasteiger partial charge is 0.435 e. The van der Waals surface area contributed by atoms with Crippen LogP contribution >= 0.6 is 0 Å². The summed E-state index contributed by atoms with van der Waals surface area (Å²) in [4.78, 5) is 7.38. The summed E-state index contributed by atoms with van der Waals surface area (Å²) in [5.74, 6) is 0.613. The Kier molecular flexibility index (Phi) is 6.80. The number of fused-ring (bicyclic) bond motifs is 6. The van der Waals surface area contributed by atoms with E-state index in [2.05, 4.69) is 187 Å². The zero-order valence-corrected chi connectivity index (χ0v) is 26.1. The van der Waals surface area contributed by atoms with E-state index in [0.29, 0.717) is 5.89 Å². The normalized spacial score (nSPS) is 11.3. The number of oxazole rings is 1. The molecule has 3 heteroatoms. The molecule has 0 spiro atoms. The Balaban J connectivity index is 1.17. The van der Waals surface area contributed by atoms with E-state index in [1.807, 2.05) is 0 Å². The summed E-state index contributed by atoms with van der Waals surface area (Å²) in [6.45, 7) is 0. The van der Waals surface area contributed by atoms with Gasteiger partial charge >= 0.3 is 0 Å². The predicted octanol–water partition coefficient (Wildman–Crippen LogP) is 12.6. The first-order chi connectivity index (χ1) is 23.8. The lowest BCUT2D eigenvalue weighted by Crippen LogP contribution is -2.10. The highest BCUT2D eigenvalue weighted by Gasteiger charge is 2.18. The number of nitrogens with zero attached hydrogens (tertiary/aromatic N) is 2. The Bertz CT molecular complexity index is 2400. The second-order valence-corrected chi connectivity index (χ2v) is 12.0. The maximum absolute atomic E-state index is 6.55. The lowest BCUT2D eigenvalue weighted by molar-refractivity contribution is 0.623. The van der Waals surface area contributed by atoms with Crippen LogP contribution in [0.2, 0.25) is 0 Å². The van der Waals surface area contributed by atoms with Crippen molar-refractivity contribution in [2.45, 2.75) is 0 Å². The van der Waals surface area contributed by atoms with Crippen LogP contribution in [0.3, 0.4) is 0 Å². The first kappa shape index (κ1) is 27.8. The lowest BCUT2D eigenvalue weighted by Gasteiger charge is -2.26. The van der Waals surface area contributed by atoms with Gasteiger partial charge in [0.05, 0.1) is 0 Å². The number of rotatable bonds is 6. The van der Waals surface area contributed by atoms with Gasteiger partial charge in [0.2, 0.25) is 5.89 Å². The molecule has 1 heterocycles. The average Bonchev–Trinajstić information content (AvgIpc) is 3.63. The monoisotopic (exact) mass is 614 g/mol. The van der Waals surface area contributed by atoms with Gasteiger partial charge in [0.15, 0.2) is 5.58 Å². The molecule has 0 bridgehead atoms. The summed E-state index contributed by atoms with van der Waals surface area (Å²) in [6, 6.07) is 63.9. The van der Waals surface area contributed by atoms with E-state index in [9.17, 15) is 0 Å². The van der Waals surface area contributed by atoms with Crippen LogP contribution in [0.4, 0.5) is 17.1 Å². The lowest BCUT2D eigenvalue weighted by atomic mass is 10.0. The van der Waals surface area contributed by atoms with Crippen molar-refractivity contribution in [1.82, 2.24) is 4.98 Å². The fourth-order valence-electron chi connectivity index (χ4n) is 6.76. The fourth-order valence-corrected chi connectivity index (χ4v) is 6.76. The molecule has 0 radical (unpaired) electrons. The standard InChI is InChI=1S/C45H30N2O/c1-3-13-31(14-4-1)34-17-11-19-37(29-34)47(38-20-12-18-35(30-38)32-15-5-2-6-16-32)36-27-25-33(26-28-36)45-46-43-41-23-9-7-21-39(41)40-22-8-10-24-42(40)44(43)48-45/h1-30H. The van der Waals surface area contributed by atoms with Crippen molar-refractivity contribution in [3.8, 4) is 33.7 Å². The van der Waals surface area contributed by atoms with Gasteiger partial charge in [-0.15, -0.1) is 0 Å². The van der Waals surface area contributed by atoms with Gasteiger partial charge in [0.1, 0.15) is 5.52 Å². The van der Waals surface area contributed by atoms with Crippen molar-refractivity contribution in [1.29, 1.82) is 0 Å². The summed E-state index contributed by atoms with van der Waals surface area (Å²) in [5, 5.41) is 4.52. The van der Waals surface area contributed by atoms with Crippen LogP contribution in [-0.2, 0) is 0 Å². The minimum absolute atomic E-state index is 0.613. The van der Waals surface area contributed by atoms with E-state index in [1.54, 1.807) is 0 Å². The van der Waals surface area contributed by atoms with Crippen LogP contribution in [0.5, 0.6) is 0 Å². The first-order valence-corrected chi connectivity index (χ1v) is 16.2. The maximum atomic E-state index is 6.55. The third-order valence-electron chi connectivity index (χ3n) is 9.07. The van der Waals surface area contributed by atoms with Crippen molar-refractivity contribution < 1.29 is 4.42 Å². The van der Waals surface area contributed by atoms with Gasteiger partial charge in [-0.05, 0) is 81.6 Å². The molecule has 0 saturated carbocycles. The highest BCUT2D eigenvalue weighted by Crippen LogP contribution is 2.40. The fraction of sp³-hybridized carbons (Fsp3) is 0. The second-order valence-electron chi connectivity index (χ2n) is 12.0. The number of hydrogen-bond acceptors (Lipinski definition) is 3. The van der Waals surface area contributed by atoms with Crippen LogP contribution in [0.15, 0.2) is 186 Å². The van der Waals surface area contributed by atoms with Crippen LogP contribution in [0.1, 0.15) is 0 Å². The zero-order valence-electron chi connectivity index (χ0n) is 26.1. The van der Waals surface area contributed by atoms with Crippen molar-refractivity contribution in [3.05, 3.63) is 182 Å². The topological polar surface area (TPSA) is 29.3 Å². The molecule has 0 aliphatic heterocycles. The zero-order chi connectivity index (χ0) is 31.9. The van der Waals surface area contributed by atoms with Gasteiger partial charge in [-0.2, -0.15) is 0 Å². The van der Waals surface area contributed by atoms with Gasteiger partial charge in [-0.3, -0.25) is 0 Å². The summed E-state index contributed by atoms with van der Waals surface area (Å²) >= 11 is 0. The molecule has 0 unspecified atom stereocenters. The molecule has 0 saturated heterocycles. The number of hydrogen-bond donors (Lipinski definition) is 0. The summed E-state index contributed by atoms with van der Waals surface area (Å²) < 4.78 is 6.55. The average molecular weight is 615 g/mol. The summed E-state index contributed by atoms with van der Waals surface area (Å²) in [6.07, 6.45) is 0. The number of benzene rings is 8. The molecule has 0 aliphatic rings. The van der Waals surface area contributed by atoms with Crippen LogP contribution in [-0.4, -0.2) is 4.98 Å². The molecule has 9 rings (SSSR count). The Hall–Kier alpha value is -6.45. The number of anilines is 3. The molecule has 0 aliphatic carbocycles. The van der Waals surface area contributed by atoms with Crippen LogP contribution in [0, 0.1) is 0 Å². The predicted molar refractivity (Wildman–Crippen MR) is 200 cm³/mol. The highest BCUT2D eigenvalue weighted by molar-refractivity contribution is 6.22. The second kappa shape index (κ2) is 11.7. The molecule has 8 aromatic carbocycles. The van der Waals surface area contributed by atoms with E-state index in [0.717, 1.165) is 44.5 Å². The van der Waals surface area contributed by atoms with Crippen molar-refractivity contribution >= 4 is 49.7 Å². The Morgan fingerprint density at radius 2 is 0.833 bits per heavy atom. The van der Waals surface area contributed by atoms with Crippen molar-refractivity contribution in [2.75, 3.05) is 4.90 Å². The Labute approximate surface area is 279 Å². The quantitative estimate of drug-likeness (QED) is 0.175. The van der Waals surface area contributed by atoms with E-state index in [4.69, 9.17) is 9.40 Å². The van der Waals surface area contributed by atoms with E-state index < -0.39 is 0 Å². The minimum Gasteiger partial charge on any atom is -0.435 e. The van der Waals surface area contributed by atoms with Crippen LogP contribution < -0.4 is 4.90 Å². The summed E-state index contributed by atoms with van der Waals surface area (Å²) in [5.41, 5.74) is 10.5. The third-order valence-corrected chi connectivity index (χ3v) is 9.07. The first-order valence-electron chi connectivity index (χ1n) is 16.2. The van der Waals surface area contributed by atoms with E-state index >= 15 is 0 Å². The SMILES string of the molecule is c1ccc(-c2cccc(N(c3ccc(-c4nc5c6ccccc6c6ccccc6c5o4)cc3)c3cccc(-c4ccccc4)c3)c2)cc1. The van der Waals surface area contributed by atoms with Gasteiger partial charge in [-0.1, -0.05) is 133 Å². The highest BCUT2D eigenvalue weighted by atomic mass is 16.3. The smallest absolute Gasteiger partial charge is 0.227 e. The van der Waals surface area contributed by atoms with E-state index in [-0.39, 0.29) is 0 Å². The molecule has 1 aromatic heterocycles. The minimum atomic E-state index is 0.613. The molecule has 48 heavy (non-hydrogen) atoms. The Morgan fingerprint density at radius 3 is 1.42 bits per heavy atom. The van der Waals surface area contributed by atoms with Gasteiger partial charge in [0.25, 0.3) is 0 Å². The molecule has 9 aromatic rings. The molecule has 226 valence electrons. The Morgan fingerprint density at radius 1 is 0.354 bits per heavy atom. The van der Waals surface area contributed by atoms with E-state index in [1.165, 1.54) is 33.0 Å². The molecular weight excluding hydrogens is 585 g/mol. The molecule has 0 amide bonds. The van der Waals surface area contributed by atoms with Gasteiger partial charge in [0, 0.05) is 33.4 Å². The molecule has 0 atom stereocenters. The van der Waals surface area contributed by atoms with Crippen molar-refractivity contribution in [2.24, 2.45) is 0 Å². The maximum Gasteiger partial charge on any atom is 0.227 e. The van der Waals surface area contributed by atoms with Crippen molar-refractivity contribution in [3.63, 3.8) is 0 Å². The molecule has 0 N–H and O–H groups in total. The van der Waals surface area contributed by atoms with Gasteiger partial charge in [-0.25, -0.2) is 4.98 Å².